The molecule has 0 radical (unpaired) electrons. The second-order valence-corrected chi connectivity index (χ2v) is 6.51. The molecule has 7 nitrogen and oxygen atoms in total. The van der Waals surface area contributed by atoms with Crippen molar-refractivity contribution in [1.82, 2.24) is 5.43 Å². The highest BCUT2D eigenvalue weighted by Gasteiger charge is 2.17. The van der Waals surface area contributed by atoms with E-state index in [1.165, 1.54) is 18.3 Å². The van der Waals surface area contributed by atoms with Gasteiger partial charge >= 0.3 is 11.8 Å². The first-order valence-corrected chi connectivity index (χ1v) is 9.26. The first kappa shape index (κ1) is 20.8. The highest BCUT2D eigenvalue weighted by molar-refractivity contribution is 6.40. The number of benzene rings is 3. The van der Waals surface area contributed by atoms with Crippen LogP contribution in [0.15, 0.2) is 84.0 Å². The van der Waals surface area contributed by atoms with E-state index in [1.807, 2.05) is 18.2 Å². The molecule has 8 heteroatoms. The van der Waals surface area contributed by atoms with Gasteiger partial charge in [0, 0.05) is 10.7 Å². The van der Waals surface area contributed by atoms with Gasteiger partial charge in [0.2, 0.25) is 0 Å². The number of hydrogen-bond acceptors (Lipinski definition) is 4. The molecule has 3 aromatic rings. The fourth-order valence-corrected chi connectivity index (χ4v) is 2.58. The minimum Gasteiger partial charge on any atom is -0.322 e. The van der Waals surface area contributed by atoms with Crippen LogP contribution in [0.4, 0.5) is 11.4 Å². The fraction of sp³-hybridized carbons (Fsp3) is 0. The van der Waals surface area contributed by atoms with Gasteiger partial charge in [0.05, 0.1) is 17.5 Å². The first-order chi connectivity index (χ1) is 14.5. The lowest BCUT2D eigenvalue weighted by Crippen LogP contribution is -2.33. The van der Waals surface area contributed by atoms with Gasteiger partial charge < -0.3 is 10.6 Å². The van der Waals surface area contributed by atoms with Crippen molar-refractivity contribution in [2.24, 2.45) is 5.10 Å². The van der Waals surface area contributed by atoms with Gasteiger partial charge in [0.15, 0.2) is 0 Å². The average molecular weight is 421 g/mol. The Hall–Kier alpha value is -3.97. The average Bonchev–Trinajstić information content (AvgIpc) is 2.76. The normalized spacial score (nSPS) is 10.4. The molecule has 30 heavy (non-hydrogen) atoms. The number of amides is 3. The SMILES string of the molecule is O=C(N/N=C/c1ccccc1)C(=O)Nc1ccccc1C(=O)Nc1ccc(Cl)cc1. The van der Waals surface area contributed by atoms with Crippen molar-refractivity contribution >= 4 is 46.9 Å². The summed E-state index contributed by atoms with van der Waals surface area (Å²) in [5.74, 6) is -2.36. The molecule has 0 bridgehead atoms. The van der Waals surface area contributed by atoms with Crippen LogP contribution in [0.25, 0.3) is 0 Å². The molecule has 0 aliphatic heterocycles. The summed E-state index contributed by atoms with van der Waals surface area (Å²) in [5, 5.41) is 9.43. The van der Waals surface area contributed by atoms with Gasteiger partial charge in [0.1, 0.15) is 0 Å². The highest BCUT2D eigenvalue weighted by atomic mass is 35.5. The molecule has 150 valence electrons. The second-order valence-electron chi connectivity index (χ2n) is 6.07. The minimum atomic E-state index is -0.963. The predicted molar refractivity (Wildman–Crippen MR) is 117 cm³/mol. The van der Waals surface area contributed by atoms with Crippen molar-refractivity contribution in [3.63, 3.8) is 0 Å². The molecule has 3 aromatic carbocycles. The summed E-state index contributed by atoms with van der Waals surface area (Å²) >= 11 is 5.84. The number of anilines is 2. The summed E-state index contributed by atoms with van der Waals surface area (Å²) < 4.78 is 0. The molecule has 0 saturated heterocycles. The Morgan fingerprint density at radius 1 is 0.767 bits per heavy atom. The standard InChI is InChI=1S/C22H17ClN4O3/c23-16-10-12-17(13-11-16)25-20(28)18-8-4-5-9-19(18)26-21(29)22(30)27-24-14-15-6-2-1-3-7-15/h1-14H,(H,25,28)(H,26,29)(H,27,30)/b24-14+. The number of para-hydroxylation sites is 1. The van der Waals surface area contributed by atoms with Crippen LogP contribution in [0.1, 0.15) is 15.9 Å². The molecule has 3 amide bonds. The lowest BCUT2D eigenvalue weighted by Gasteiger charge is -2.11. The third-order valence-electron chi connectivity index (χ3n) is 3.91. The Balaban J connectivity index is 1.64. The quantitative estimate of drug-likeness (QED) is 0.333. The van der Waals surface area contributed by atoms with Crippen LogP contribution in [0.5, 0.6) is 0 Å². The topological polar surface area (TPSA) is 99.7 Å². The summed E-state index contributed by atoms with van der Waals surface area (Å²) in [6.07, 6.45) is 1.42. The first-order valence-electron chi connectivity index (χ1n) is 8.88. The van der Waals surface area contributed by atoms with Crippen molar-refractivity contribution in [1.29, 1.82) is 0 Å². The van der Waals surface area contributed by atoms with E-state index in [0.29, 0.717) is 10.7 Å². The summed E-state index contributed by atoms with van der Waals surface area (Å²) in [6.45, 7) is 0. The maximum absolute atomic E-state index is 12.6. The molecule has 0 heterocycles. The third-order valence-corrected chi connectivity index (χ3v) is 4.16. The maximum Gasteiger partial charge on any atom is 0.329 e. The zero-order chi connectivity index (χ0) is 21.3. The van der Waals surface area contributed by atoms with Crippen molar-refractivity contribution in [3.05, 3.63) is 95.0 Å². The van der Waals surface area contributed by atoms with E-state index in [0.717, 1.165) is 5.56 Å². The molecule has 3 rings (SSSR count). The number of hydrazone groups is 1. The van der Waals surface area contributed by atoms with E-state index in [-0.39, 0.29) is 11.3 Å². The number of rotatable bonds is 5. The molecule has 0 saturated carbocycles. The lowest BCUT2D eigenvalue weighted by atomic mass is 10.1. The molecule has 0 aliphatic carbocycles. The molecular formula is C22H17ClN4O3. The van der Waals surface area contributed by atoms with Gasteiger partial charge in [-0.1, -0.05) is 54.1 Å². The Morgan fingerprint density at radius 2 is 1.43 bits per heavy atom. The Kier molecular flexibility index (Phi) is 6.91. The predicted octanol–water partition coefficient (Wildman–Crippen LogP) is 3.68. The molecule has 0 spiro atoms. The Labute approximate surface area is 177 Å². The summed E-state index contributed by atoms with van der Waals surface area (Å²) in [7, 11) is 0. The number of carbonyl (C=O) groups is 3. The van der Waals surface area contributed by atoms with Gasteiger partial charge in [-0.2, -0.15) is 5.10 Å². The van der Waals surface area contributed by atoms with Crippen molar-refractivity contribution in [2.45, 2.75) is 0 Å². The van der Waals surface area contributed by atoms with Gasteiger partial charge in [0.25, 0.3) is 5.91 Å². The number of carbonyl (C=O) groups excluding carboxylic acids is 3. The molecule has 3 N–H and O–H groups in total. The number of halogens is 1. The van der Waals surface area contributed by atoms with E-state index in [2.05, 4.69) is 21.2 Å². The van der Waals surface area contributed by atoms with Crippen LogP contribution in [-0.2, 0) is 9.59 Å². The van der Waals surface area contributed by atoms with E-state index in [4.69, 9.17) is 11.6 Å². The maximum atomic E-state index is 12.6. The van der Waals surface area contributed by atoms with Gasteiger partial charge in [-0.25, -0.2) is 5.43 Å². The largest absolute Gasteiger partial charge is 0.329 e. The molecule has 0 aromatic heterocycles. The van der Waals surface area contributed by atoms with Crippen LogP contribution in [0.3, 0.4) is 0 Å². The number of nitrogens with one attached hydrogen (secondary N) is 3. The van der Waals surface area contributed by atoms with Gasteiger partial charge in [-0.15, -0.1) is 0 Å². The smallest absolute Gasteiger partial charge is 0.322 e. The summed E-state index contributed by atoms with van der Waals surface area (Å²) in [6, 6.07) is 22.0. The van der Waals surface area contributed by atoms with Crippen molar-refractivity contribution in [3.8, 4) is 0 Å². The highest BCUT2D eigenvalue weighted by Crippen LogP contribution is 2.19. The minimum absolute atomic E-state index is 0.191. The fourth-order valence-electron chi connectivity index (χ4n) is 2.46. The van der Waals surface area contributed by atoms with Crippen molar-refractivity contribution in [2.75, 3.05) is 10.6 Å². The Bertz CT molecular complexity index is 1080. The van der Waals surface area contributed by atoms with Crippen LogP contribution in [0.2, 0.25) is 5.02 Å². The Morgan fingerprint density at radius 3 is 2.17 bits per heavy atom. The number of nitrogens with zero attached hydrogens (tertiary/aromatic N) is 1. The van der Waals surface area contributed by atoms with Crippen LogP contribution in [-0.4, -0.2) is 23.9 Å². The monoisotopic (exact) mass is 420 g/mol. The molecule has 0 atom stereocenters. The van der Waals surface area contributed by atoms with E-state index in [1.54, 1.807) is 48.5 Å². The van der Waals surface area contributed by atoms with Gasteiger partial charge in [-0.05, 0) is 42.0 Å². The molecule has 0 aliphatic rings. The van der Waals surface area contributed by atoms with Crippen LogP contribution >= 0.6 is 11.6 Å². The molecular weight excluding hydrogens is 404 g/mol. The van der Waals surface area contributed by atoms with E-state index < -0.39 is 17.7 Å². The van der Waals surface area contributed by atoms with Crippen molar-refractivity contribution < 1.29 is 14.4 Å². The van der Waals surface area contributed by atoms with Crippen LogP contribution in [0, 0.1) is 0 Å². The summed E-state index contributed by atoms with van der Waals surface area (Å²) in [5.41, 5.74) is 3.84. The van der Waals surface area contributed by atoms with Gasteiger partial charge in [-0.3, -0.25) is 14.4 Å². The molecule has 0 fully saturated rings. The number of hydrogen-bond donors (Lipinski definition) is 3. The zero-order valence-corrected chi connectivity index (χ0v) is 16.4. The molecule has 0 unspecified atom stereocenters. The second kappa shape index (κ2) is 9.99. The lowest BCUT2D eigenvalue weighted by molar-refractivity contribution is -0.136. The van der Waals surface area contributed by atoms with Crippen LogP contribution < -0.4 is 16.1 Å². The third kappa shape index (κ3) is 5.76. The van der Waals surface area contributed by atoms with E-state index >= 15 is 0 Å². The van der Waals surface area contributed by atoms with E-state index in [9.17, 15) is 14.4 Å². The summed E-state index contributed by atoms with van der Waals surface area (Å²) in [4.78, 5) is 36.8. The zero-order valence-electron chi connectivity index (χ0n) is 15.6.